The van der Waals surface area contributed by atoms with Crippen LogP contribution in [0.3, 0.4) is 0 Å². The van der Waals surface area contributed by atoms with E-state index in [0.29, 0.717) is 18.8 Å². The van der Waals surface area contributed by atoms with Gasteiger partial charge < -0.3 is 14.6 Å². The number of aliphatic carboxylic acids is 1. The van der Waals surface area contributed by atoms with Crippen molar-refractivity contribution < 1.29 is 24.2 Å². The van der Waals surface area contributed by atoms with Crippen molar-refractivity contribution in [2.45, 2.75) is 40.5 Å². The van der Waals surface area contributed by atoms with Crippen LogP contribution in [0.5, 0.6) is 5.75 Å². The van der Waals surface area contributed by atoms with Gasteiger partial charge in [0.25, 0.3) is 0 Å². The predicted octanol–water partition coefficient (Wildman–Crippen LogP) is 3.58. The molecular weight excluding hydrogens is 308 g/mol. The molecule has 0 radical (unpaired) electrons. The number of allylic oxidation sites excluding steroid dienone is 2. The summed E-state index contributed by atoms with van der Waals surface area (Å²) in [6.45, 7) is 7.95. The smallest absolute Gasteiger partial charge is 0.311 e. The lowest BCUT2D eigenvalue weighted by molar-refractivity contribution is -0.154. The number of carbonyl (C=O) groups excluding carboxylic acids is 1. The molecule has 1 aliphatic carbocycles. The molecule has 1 aromatic rings. The molecule has 1 N–H and O–H groups in total. The van der Waals surface area contributed by atoms with E-state index in [2.05, 4.69) is 0 Å². The van der Waals surface area contributed by atoms with Gasteiger partial charge in [-0.15, -0.1) is 0 Å². The van der Waals surface area contributed by atoms with E-state index >= 15 is 0 Å². The third kappa shape index (κ3) is 4.37. The molecule has 0 amide bonds. The fourth-order valence-electron chi connectivity index (χ4n) is 2.83. The molecule has 0 aromatic heterocycles. The first-order chi connectivity index (χ1) is 11.2. The van der Waals surface area contributed by atoms with Crippen LogP contribution in [0.4, 0.5) is 0 Å². The van der Waals surface area contributed by atoms with Crippen LogP contribution in [0.15, 0.2) is 36.1 Å². The Hall–Kier alpha value is -2.30. The number of carboxylic acid groups (broad SMARTS) is 1. The number of hydrogen-bond acceptors (Lipinski definition) is 4. The van der Waals surface area contributed by atoms with Crippen molar-refractivity contribution in [3.8, 4) is 5.75 Å². The van der Waals surface area contributed by atoms with Crippen LogP contribution in [0, 0.1) is 10.8 Å². The Balaban J connectivity index is 1.93. The second kappa shape index (κ2) is 6.67. The van der Waals surface area contributed by atoms with Crippen molar-refractivity contribution in [3.63, 3.8) is 0 Å². The summed E-state index contributed by atoms with van der Waals surface area (Å²) < 4.78 is 11.0. The van der Waals surface area contributed by atoms with Gasteiger partial charge in [0.05, 0.1) is 18.4 Å². The van der Waals surface area contributed by atoms with Gasteiger partial charge in [0, 0.05) is 5.41 Å². The van der Waals surface area contributed by atoms with Gasteiger partial charge in [-0.25, -0.2) is 0 Å². The zero-order valence-electron chi connectivity index (χ0n) is 14.6. The van der Waals surface area contributed by atoms with Gasteiger partial charge in [-0.3, -0.25) is 9.59 Å². The highest BCUT2D eigenvalue weighted by Crippen LogP contribution is 2.52. The fraction of sp³-hybridized carbons (Fsp3) is 0.474. The summed E-state index contributed by atoms with van der Waals surface area (Å²) in [5.74, 6) is 0.421. The molecule has 24 heavy (non-hydrogen) atoms. The van der Waals surface area contributed by atoms with Crippen LogP contribution in [-0.4, -0.2) is 23.7 Å². The second-order valence-corrected chi connectivity index (χ2v) is 7.02. The summed E-state index contributed by atoms with van der Waals surface area (Å²) in [7, 11) is 0. The number of carbonyl (C=O) groups is 2. The molecule has 1 atom stereocenters. The molecule has 1 unspecified atom stereocenters. The summed E-state index contributed by atoms with van der Waals surface area (Å²) in [5, 5.41) is 8.77. The minimum atomic E-state index is -0.859. The van der Waals surface area contributed by atoms with E-state index in [1.54, 1.807) is 31.2 Å². The second-order valence-electron chi connectivity index (χ2n) is 7.02. The molecule has 5 nitrogen and oxygen atoms in total. The summed E-state index contributed by atoms with van der Waals surface area (Å²) >= 11 is 0. The number of ether oxygens (including phenoxy) is 2. The van der Waals surface area contributed by atoms with Crippen LogP contribution in [-0.2, 0) is 20.7 Å². The van der Waals surface area contributed by atoms with Crippen LogP contribution < -0.4 is 4.74 Å². The van der Waals surface area contributed by atoms with E-state index in [1.165, 1.54) is 0 Å². The van der Waals surface area contributed by atoms with Crippen molar-refractivity contribution >= 4 is 11.9 Å². The highest BCUT2D eigenvalue weighted by atomic mass is 16.5. The van der Waals surface area contributed by atoms with Gasteiger partial charge in [0.15, 0.2) is 0 Å². The molecule has 0 bridgehead atoms. The zero-order chi connectivity index (χ0) is 18.0. The quantitative estimate of drug-likeness (QED) is 0.737. The average molecular weight is 332 g/mol. The van der Waals surface area contributed by atoms with Crippen molar-refractivity contribution in [1.29, 1.82) is 0 Å². The van der Waals surface area contributed by atoms with Gasteiger partial charge >= 0.3 is 11.9 Å². The van der Waals surface area contributed by atoms with Crippen molar-refractivity contribution in [2.24, 2.45) is 10.8 Å². The molecule has 0 heterocycles. The zero-order valence-corrected chi connectivity index (χ0v) is 14.6. The lowest BCUT2D eigenvalue weighted by Crippen LogP contribution is -2.30. The normalized spacial score (nSPS) is 19.4. The van der Waals surface area contributed by atoms with Gasteiger partial charge in [-0.05, 0) is 57.9 Å². The van der Waals surface area contributed by atoms with Crippen molar-refractivity contribution in [1.82, 2.24) is 0 Å². The molecule has 1 aliphatic rings. The standard InChI is InChI=1S/C19H24O5/c1-5-23-17(22)18(2,3)12-19(4)11-15(19)24-14-8-6-13(7-9-14)10-16(20)21/h6-9,11H,5,10,12H2,1-4H3,(H,20,21). The molecule has 2 rings (SSSR count). The largest absolute Gasteiger partial charge is 0.481 e. The lowest BCUT2D eigenvalue weighted by atomic mass is 9.80. The number of rotatable bonds is 8. The lowest BCUT2D eigenvalue weighted by Gasteiger charge is -2.26. The molecule has 1 aromatic carbocycles. The first-order valence-corrected chi connectivity index (χ1v) is 8.05. The van der Waals surface area contributed by atoms with E-state index in [-0.39, 0.29) is 17.8 Å². The highest BCUT2D eigenvalue weighted by molar-refractivity contribution is 5.76. The minimum Gasteiger partial charge on any atom is -0.481 e. The number of carboxylic acids is 1. The van der Waals surface area contributed by atoms with Crippen LogP contribution in [0.1, 0.15) is 39.7 Å². The molecule has 0 saturated carbocycles. The number of benzene rings is 1. The topological polar surface area (TPSA) is 72.8 Å². The van der Waals surface area contributed by atoms with Gasteiger partial charge in [0.1, 0.15) is 11.5 Å². The summed E-state index contributed by atoms with van der Waals surface area (Å²) in [6.07, 6.45) is 2.61. The third-order valence-corrected chi connectivity index (χ3v) is 4.07. The summed E-state index contributed by atoms with van der Waals surface area (Å²) in [6, 6.07) is 7.00. The summed E-state index contributed by atoms with van der Waals surface area (Å²) in [5.41, 5.74) is -0.112. The fourth-order valence-corrected chi connectivity index (χ4v) is 2.83. The molecule has 0 aliphatic heterocycles. The van der Waals surface area contributed by atoms with Crippen LogP contribution in [0.2, 0.25) is 0 Å². The Morgan fingerprint density at radius 2 is 1.83 bits per heavy atom. The SMILES string of the molecule is CCOC(=O)C(C)(C)CC1(C)C=C1Oc1ccc(CC(=O)O)cc1. The van der Waals surface area contributed by atoms with E-state index in [1.807, 2.05) is 26.8 Å². The van der Waals surface area contributed by atoms with E-state index in [9.17, 15) is 9.59 Å². The minimum absolute atomic E-state index is 0.00553. The van der Waals surface area contributed by atoms with Crippen LogP contribution >= 0.6 is 0 Å². The predicted molar refractivity (Wildman–Crippen MR) is 89.6 cm³/mol. The van der Waals surface area contributed by atoms with Gasteiger partial charge in [-0.2, -0.15) is 0 Å². The maximum absolute atomic E-state index is 12.0. The Morgan fingerprint density at radius 3 is 2.38 bits per heavy atom. The highest BCUT2D eigenvalue weighted by Gasteiger charge is 2.48. The Kier molecular flexibility index (Phi) is 5.02. The van der Waals surface area contributed by atoms with E-state index < -0.39 is 11.4 Å². The van der Waals surface area contributed by atoms with Gasteiger partial charge in [0.2, 0.25) is 0 Å². The molecule has 0 spiro atoms. The van der Waals surface area contributed by atoms with Crippen LogP contribution in [0.25, 0.3) is 0 Å². The molecule has 130 valence electrons. The number of hydrogen-bond donors (Lipinski definition) is 1. The average Bonchev–Trinajstić information content (AvgIpc) is 3.09. The molecule has 0 saturated heterocycles. The Labute approximate surface area is 142 Å². The molecular formula is C19H24O5. The van der Waals surface area contributed by atoms with E-state index in [4.69, 9.17) is 14.6 Å². The first kappa shape index (κ1) is 18.0. The maximum atomic E-state index is 12.0. The van der Waals surface area contributed by atoms with Crippen molar-refractivity contribution in [2.75, 3.05) is 6.61 Å². The summed E-state index contributed by atoms with van der Waals surface area (Å²) in [4.78, 5) is 22.7. The number of esters is 1. The van der Waals surface area contributed by atoms with Crippen molar-refractivity contribution in [3.05, 3.63) is 41.7 Å². The first-order valence-electron chi connectivity index (χ1n) is 8.05. The third-order valence-electron chi connectivity index (χ3n) is 4.07. The maximum Gasteiger partial charge on any atom is 0.311 e. The Bertz CT molecular complexity index is 657. The van der Waals surface area contributed by atoms with Gasteiger partial charge in [-0.1, -0.05) is 12.1 Å². The monoisotopic (exact) mass is 332 g/mol. The molecule has 0 fully saturated rings. The Morgan fingerprint density at radius 1 is 1.21 bits per heavy atom. The van der Waals surface area contributed by atoms with E-state index in [0.717, 1.165) is 11.3 Å². The molecule has 5 heteroatoms.